The van der Waals surface area contributed by atoms with E-state index in [9.17, 15) is 9.90 Å². The predicted octanol–water partition coefficient (Wildman–Crippen LogP) is 4.84. The highest BCUT2D eigenvalue weighted by Gasteiger charge is 2.49. The Morgan fingerprint density at radius 3 is 2.55 bits per heavy atom. The Morgan fingerprint density at radius 2 is 1.95 bits per heavy atom. The molecule has 4 atom stereocenters. The van der Waals surface area contributed by atoms with Gasteiger partial charge in [-0.1, -0.05) is 19.8 Å². The van der Waals surface area contributed by atoms with Crippen LogP contribution in [0.3, 0.4) is 0 Å². The Morgan fingerprint density at radius 1 is 1.27 bits per heavy atom. The zero-order valence-corrected chi connectivity index (χ0v) is 15.8. The molecule has 2 rings (SSSR count). The van der Waals surface area contributed by atoms with Gasteiger partial charge in [0.05, 0.1) is 6.10 Å². The third-order valence-corrected chi connectivity index (χ3v) is 6.71. The summed E-state index contributed by atoms with van der Waals surface area (Å²) in [4.78, 5) is 11.9. The Kier molecular flexibility index (Phi) is 5.22. The summed E-state index contributed by atoms with van der Waals surface area (Å²) in [5.74, 6) is 0.161. The molecule has 3 unspecified atom stereocenters. The Hall–Kier alpha value is -0.613. The smallest absolute Gasteiger partial charge is 0.331 e. The number of aliphatic carboxylic acids is 1. The molecule has 0 spiro atoms. The van der Waals surface area contributed by atoms with Crippen LogP contribution in [0.1, 0.15) is 52.4 Å². The second-order valence-corrected chi connectivity index (χ2v) is 12.9. The number of carbonyl (C=O) groups is 1. The summed E-state index contributed by atoms with van der Waals surface area (Å²) in [6, 6.07) is 0. The van der Waals surface area contributed by atoms with Gasteiger partial charge in [-0.25, -0.2) is 4.79 Å². The molecule has 126 valence electrons. The summed E-state index contributed by atoms with van der Waals surface area (Å²) in [6.07, 6.45) is 9.02. The highest BCUT2D eigenvalue weighted by Crippen LogP contribution is 2.57. The number of rotatable bonds is 5. The van der Waals surface area contributed by atoms with E-state index in [1.54, 1.807) is 0 Å². The van der Waals surface area contributed by atoms with Crippen LogP contribution >= 0.6 is 0 Å². The zero-order chi connectivity index (χ0) is 16.5. The lowest BCUT2D eigenvalue weighted by molar-refractivity contribution is -0.134. The average Bonchev–Trinajstić information content (AvgIpc) is 2.70. The zero-order valence-electron chi connectivity index (χ0n) is 14.8. The maximum Gasteiger partial charge on any atom is 0.331 e. The Balaban J connectivity index is 2.23. The molecule has 0 saturated heterocycles. The minimum Gasteiger partial charge on any atom is -0.478 e. The first-order valence-corrected chi connectivity index (χ1v) is 12.2. The van der Waals surface area contributed by atoms with Crippen molar-refractivity contribution in [2.24, 2.45) is 17.3 Å². The molecule has 2 fully saturated rings. The van der Waals surface area contributed by atoms with Gasteiger partial charge in [0.25, 0.3) is 0 Å². The van der Waals surface area contributed by atoms with Gasteiger partial charge >= 0.3 is 5.97 Å². The average molecular weight is 325 g/mol. The van der Waals surface area contributed by atoms with Crippen LogP contribution in [-0.2, 0) is 9.22 Å². The van der Waals surface area contributed by atoms with Crippen molar-refractivity contribution in [2.45, 2.75) is 78.1 Å². The molecular formula is C18H32O3Si. The third kappa shape index (κ3) is 3.83. The summed E-state index contributed by atoms with van der Waals surface area (Å²) >= 11 is 0. The van der Waals surface area contributed by atoms with Gasteiger partial charge in [-0.05, 0) is 75.6 Å². The molecule has 0 aromatic carbocycles. The van der Waals surface area contributed by atoms with E-state index in [-0.39, 0.29) is 17.4 Å². The molecule has 0 aromatic heterocycles. The van der Waals surface area contributed by atoms with Crippen molar-refractivity contribution >= 4 is 14.3 Å². The molecular weight excluding hydrogens is 292 g/mol. The van der Waals surface area contributed by atoms with E-state index in [1.807, 2.05) is 13.0 Å². The molecule has 2 aliphatic rings. The largest absolute Gasteiger partial charge is 0.478 e. The van der Waals surface area contributed by atoms with Gasteiger partial charge in [-0.3, -0.25) is 0 Å². The lowest BCUT2D eigenvalue weighted by Crippen LogP contribution is -2.35. The van der Waals surface area contributed by atoms with Crippen molar-refractivity contribution in [3.05, 3.63) is 11.6 Å². The minimum absolute atomic E-state index is 0.107. The predicted molar refractivity (Wildman–Crippen MR) is 92.4 cm³/mol. The number of fused-ring (bicyclic) bond motifs is 1. The number of carboxylic acid groups (broad SMARTS) is 1. The molecule has 0 aliphatic heterocycles. The van der Waals surface area contributed by atoms with Crippen LogP contribution in [-0.4, -0.2) is 25.5 Å². The molecule has 3 nitrogen and oxygen atoms in total. The lowest BCUT2D eigenvalue weighted by atomic mass is 9.63. The summed E-state index contributed by atoms with van der Waals surface area (Å²) in [6.45, 7) is 10.7. The van der Waals surface area contributed by atoms with Crippen LogP contribution in [0.25, 0.3) is 0 Å². The Labute approximate surface area is 136 Å². The molecule has 4 heteroatoms. The molecule has 22 heavy (non-hydrogen) atoms. The summed E-state index contributed by atoms with van der Waals surface area (Å²) in [7, 11) is -1.65. The standard InChI is InChI=1S/C18H32O3Si/c1-13(21-22(3,4)5)12-15(17(19)20)16-10-9-14-8-6-7-11-18(14,16)2/h12-14,16H,6-11H2,1-5H3,(H,19,20)/t13?,14?,16?,18-/m1/s1. The quantitative estimate of drug-likeness (QED) is 0.581. The van der Waals surface area contributed by atoms with Crippen molar-refractivity contribution < 1.29 is 14.3 Å². The summed E-state index contributed by atoms with van der Waals surface area (Å²) < 4.78 is 6.05. The second kappa shape index (κ2) is 6.48. The highest BCUT2D eigenvalue weighted by molar-refractivity contribution is 6.69. The van der Waals surface area contributed by atoms with Crippen LogP contribution in [0.4, 0.5) is 0 Å². The molecule has 0 amide bonds. The fourth-order valence-electron chi connectivity index (χ4n) is 4.75. The van der Waals surface area contributed by atoms with Gasteiger partial charge in [-0.15, -0.1) is 0 Å². The molecule has 0 aromatic rings. The third-order valence-electron chi connectivity index (χ3n) is 5.63. The second-order valence-electron chi connectivity index (χ2n) is 8.44. The fourth-order valence-corrected chi connectivity index (χ4v) is 5.94. The maximum atomic E-state index is 11.9. The van der Waals surface area contributed by atoms with Gasteiger partial charge in [0.1, 0.15) is 0 Å². The number of hydrogen-bond donors (Lipinski definition) is 1. The Bertz CT molecular complexity index is 452. The first kappa shape index (κ1) is 17.7. The highest BCUT2D eigenvalue weighted by atomic mass is 28.4. The van der Waals surface area contributed by atoms with Crippen molar-refractivity contribution in [1.29, 1.82) is 0 Å². The van der Waals surface area contributed by atoms with E-state index >= 15 is 0 Å². The van der Waals surface area contributed by atoms with Gasteiger partial charge < -0.3 is 9.53 Å². The molecule has 1 N–H and O–H groups in total. The van der Waals surface area contributed by atoms with E-state index < -0.39 is 14.3 Å². The van der Waals surface area contributed by atoms with E-state index in [2.05, 4.69) is 26.6 Å². The van der Waals surface area contributed by atoms with E-state index in [0.717, 1.165) is 6.42 Å². The summed E-state index contributed by atoms with van der Waals surface area (Å²) in [5, 5.41) is 9.77. The van der Waals surface area contributed by atoms with E-state index in [4.69, 9.17) is 4.43 Å². The molecule has 2 saturated carbocycles. The topological polar surface area (TPSA) is 46.5 Å². The van der Waals surface area contributed by atoms with Gasteiger partial charge in [0, 0.05) is 5.57 Å². The SMILES string of the molecule is CC(C=C(C(=O)O)C1CCC2CCCC[C@]21C)O[Si](C)(C)C. The first-order chi connectivity index (χ1) is 10.1. The number of carboxylic acids is 1. The number of hydrogen-bond acceptors (Lipinski definition) is 2. The van der Waals surface area contributed by atoms with Crippen LogP contribution in [0, 0.1) is 17.3 Å². The van der Waals surface area contributed by atoms with Gasteiger partial charge in [-0.2, -0.15) is 0 Å². The van der Waals surface area contributed by atoms with Crippen molar-refractivity contribution in [3.63, 3.8) is 0 Å². The molecule has 0 bridgehead atoms. The van der Waals surface area contributed by atoms with Crippen LogP contribution in [0.2, 0.25) is 19.6 Å². The van der Waals surface area contributed by atoms with Crippen molar-refractivity contribution in [1.82, 2.24) is 0 Å². The normalized spacial score (nSPS) is 34.3. The van der Waals surface area contributed by atoms with Gasteiger partial charge in [0.15, 0.2) is 8.32 Å². The molecule has 2 aliphatic carbocycles. The molecule has 0 heterocycles. The van der Waals surface area contributed by atoms with E-state index in [0.29, 0.717) is 11.5 Å². The lowest BCUT2D eigenvalue weighted by Gasteiger charge is -2.41. The van der Waals surface area contributed by atoms with Crippen LogP contribution in [0.5, 0.6) is 0 Å². The van der Waals surface area contributed by atoms with Crippen molar-refractivity contribution in [3.8, 4) is 0 Å². The fraction of sp³-hybridized carbons (Fsp3) is 0.833. The maximum absolute atomic E-state index is 11.9. The van der Waals surface area contributed by atoms with Crippen LogP contribution < -0.4 is 0 Å². The first-order valence-electron chi connectivity index (χ1n) is 8.76. The van der Waals surface area contributed by atoms with E-state index in [1.165, 1.54) is 32.1 Å². The monoisotopic (exact) mass is 324 g/mol. The molecule has 0 radical (unpaired) electrons. The minimum atomic E-state index is -1.65. The summed E-state index contributed by atoms with van der Waals surface area (Å²) in [5.41, 5.74) is 0.791. The van der Waals surface area contributed by atoms with Crippen LogP contribution in [0.15, 0.2) is 11.6 Å². The van der Waals surface area contributed by atoms with Gasteiger partial charge in [0.2, 0.25) is 0 Å². The van der Waals surface area contributed by atoms with Crippen molar-refractivity contribution in [2.75, 3.05) is 0 Å².